The Hall–Kier alpha value is -1.87. The number of sulfonamides is 1. The molecule has 2 heterocycles. The molecule has 28 heavy (non-hydrogen) atoms. The molecule has 1 aliphatic carbocycles. The van der Waals surface area contributed by atoms with Gasteiger partial charge in [0.05, 0.1) is 12.4 Å². The summed E-state index contributed by atoms with van der Waals surface area (Å²) in [5, 5.41) is 6.71. The number of ether oxygens (including phenoxy) is 1. The molecule has 1 saturated heterocycles. The summed E-state index contributed by atoms with van der Waals surface area (Å²) in [7, 11) is -1.35. The lowest BCUT2D eigenvalue weighted by Crippen LogP contribution is -2.49. The Balaban J connectivity index is 1.44. The van der Waals surface area contributed by atoms with Gasteiger partial charge in [-0.1, -0.05) is 0 Å². The first-order valence-electron chi connectivity index (χ1n) is 10.0. The predicted molar refractivity (Wildman–Crippen MR) is 110 cm³/mol. The normalized spacial score (nSPS) is 19.4. The summed E-state index contributed by atoms with van der Waals surface area (Å²) in [5.74, 6) is 2.24. The van der Waals surface area contributed by atoms with Crippen LogP contribution in [0.1, 0.15) is 38.2 Å². The molecule has 2 N–H and O–H groups in total. The number of piperidine rings is 1. The highest BCUT2D eigenvalue weighted by atomic mass is 32.2. The molecule has 1 aromatic rings. The minimum Gasteiger partial charge on any atom is -0.477 e. The molecule has 0 bridgehead atoms. The summed E-state index contributed by atoms with van der Waals surface area (Å²) in [6, 6.07) is 4.12. The van der Waals surface area contributed by atoms with Gasteiger partial charge in [0.25, 0.3) is 0 Å². The van der Waals surface area contributed by atoms with E-state index in [9.17, 15) is 8.42 Å². The summed E-state index contributed by atoms with van der Waals surface area (Å²) < 4.78 is 31.3. The molecular formula is C19H31N5O3S. The zero-order valence-electron chi connectivity index (χ0n) is 16.7. The Labute approximate surface area is 167 Å². The average Bonchev–Trinajstić information content (AvgIpc) is 3.55. The SMILES string of the molecule is CCS(=O)(=O)N1CCC(NC(=NC)NCc2ccnc(OCC3CC3)c2)CC1. The summed E-state index contributed by atoms with van der Waals surface area (Å²) in [5.41, 5.74) is 1.08. The fourth-order valence-electron chi connectivity index (χ4n) is 3.16. The van der Waals surface area contributed by atoms with Crippen molar-refractivity contribution in [3.8, 4) is 5.88 Å². The van der Waals surface area contributed by atoms with Gasteiger partial charge >= 0.3 is 0 Å². The third-order valence-electron chi connectivity index (χ3n) is 5.20. The van der Waals surface area contributed by atoms with Crippen LogP contribution in [0.3, 0.4) is 0 Å². The quantitative estimate of drug-likeness (QED) is 0.497. The molecular weight excluding hydrogens is 378 g/mol. The molecule has 2 fully saturated rings. The molecule has 1 saturated carbocycles. The van der Waals surface area contributed by atoms with Gasteiger partial charge in [0.2, 0.25) is 15.9 Å². The van der Waals surface area contributed by atoms with E-state index in [0.29, 0.717) is 37.4 Å². The maximum atomic E-state index is 12.0. The minimum atomic E-state index is -3.09. The molecule has 3 rings (SSSR count). The van der Waals surface area contributed by atoms with Crippen LogP contribution >= 0.6 is 0 Å². The zero-order chi connectivity index (χ0) is 20.0. The van der Waals surface area contributed by atoms with Gasteiger partial charge in [0.15, 0.2) is 5.96 Å². The number of hydrogen-bond donors (Lipinski definition) is 2. The molecule has 9 heteroatoms. The van der Waals surface area contributed by atoms with Gasteiger partial charge in [-0.15, -0.1) is 0 Å². The first-order valence-corrected chi connectivity index (χ1v) is 11.6. The van der Waals surface area contributed by atoms with Crippen molar-refractivity contribution in [2.45, 2.75) is 45.2 Å². The second-order valence-corrected chi connectivity index (χ2v) is 9.66. The van der Waals surface area contributed by atoms with Crippen molar-refractivity contribution in [3.63, 3.8) is 0 Å². The summed E-state index contributed by atoms with van der Waals surface area (Å²) in [6.07, 6.45) is 5.82. The molecule has 2 aliphatic rings. The number of guanidine groups is 1. The molecule has 0 spiro atoms. The number of nitrogens with one attached hydrogen (secondary N) is 2. The second kappa shape index (κ2) is 9.56. The highest BCUT2D eigenvalue weighted by Crippen LogP contribution is 2.29. The number of pyridine rings is 1. The second-order valence-electron chi connectivity index (χ2n) is 7.40. The fraction of sp³-hybridized carbons (Fsp3) is 0.684. The molecule has 0 unspecified atom stereocenters. The smallest absolute Gasteiger partial charge is 0.213 e. The summed E-state index contributed by atoms with van der Waals surface area (Å²) in [4.78, 5) is 8.55. The molecule has 0 atom stereocenters. The number of hydrogen-bond acceptors (Lipinski definition) is 5. The van der Waals surface area contributed by atoms with E-state index < -0.39 is 10.0 Å². The van der Waals surface area contributed by atoms with Crippen LogP contribution in [0.5, 0.6) is 5.88 Å². The van der Waals surface area contributed by atoms with Crippen molar-refractivity contribution in [2.24, 2.45) is 10.9 Å². The topological polar surface area (TPSA) is 95.9 Å². The Kier molecular flexibility index (Phi) is 7.12. The lowest BCUT2D eigenvalue weighted by Gasteiger charge is -2.32. The van der Waals surface area contributed by atoms with Crippen LogP contribution < -0.4 is 15.4 Å². The van der Waals surface area contributed by atoms with Gasteiger partial charge in [-0.25, -0.2) is 17.7 Å². The van der Waals surface area contributed by atoms with Gasteiger partial charge in [-0.05, 0) is 50.2 Å². The molecule has 0 aromatic carbocycles. The van der Waals surface area contributed by atoms with Gasteiger partial charge < -0.3 is 15.4 Å². The van der Waals surface area contributed by atoms with Crippen molar-refractivity contribution in [1.82, 2.24) is 19.9 Å². The number of nitrogens with zero attached hydrogens (tertiary/aromatic N) is 3. The third kappa shape index (κ3) is 6.07. The van der Waals surface area contributed by atoms with Crippen LogP contribution in [0.15, 0.2) is 23.3 Å². The van der Waals surface area contributed by atoms with Crippen molar-refractivity contribution < 1.29 is 13.2 Å². The predicted octanol–water partition coefficient (Wildman–Crippen LogP) is 1.35. The maximum absolute atomic E-state index is 12.0. The zero-order valence-corrected chi connectivity index (χ0v) is 17.5. The molecule has 1 aromatic heterocycles. The maximum Gasteiger partial charge on any atom is 0.213 e. The van der Waals surface area contributed by atoms with Gasteiger partial charge in [-0.2, -0.15) is 0 Å². The van der Waals surface area contributed by atoms with Crippen LogP contribution in [-0.4, -0.2) is 62.2 Å². The van der Waals surface area contributed by atoms with Crippen LogP contribution in [0.4, 0.5) is 0 Å². The van der Waals surface area contributed by atoms with Crippen LogP contribution in [0, 0.1) is 5.92 Å². The fourth-order valence-corrected chi connectivity index (χ4v) is 4.29. The summed E-state index contributed by atoms with van der Waals surface area (Å²) in [6.45, 7) is 4.16. The van der Waals surface area contributed by atoms with Crippen LogP contribution in [0.25, 0.3) is 0 Å². The standard InChI is InChI=1S/C19H31N5O3S/c1-3-28(25,26)24-10-7-17(8-11-24)23-19(20-2)22-13-16-6-9-21-18(12-16)27-14-15-4-5-15/h6,9,12,15,17H,3-5,7-8,10-11,13-14H2,1-2H3,(H2,20,22,23). The van der Waals surface area contributed by atoms with Crippen LogP contribution in [-0.2, 0) is 16.6 Å². The molecule has 0 radical (unpaired) electrons. The van der Waals surface area contributed by atoms with E-state index in [1.54, 1.807) is 24.5 Å². The Morgan fingerprint density at radius 2 is 2.07 bits per heavy atom. The van der Waals surface area contributed by atoms with E-state index in [4.69, 9.17) is 4.74 Å². The van der Waals surface area contributed by atoms with Gasteiger partial charge in [0.1, 0.15) is 0 Å². The average molecular weight is 410 g/mol. The van der Waals surface area contributed by atoms with E-state index in [-0.39, 0.29) is 11.8 Å². The van der Waals surface area contributed by atoms with Gasteiger partial charge in [0, 0.05) is 45.0 Å². The van der Waals surface area contributed by atoms with Crippen molar-refractivity contribution >= 4 is 16.0 Å². The molecule has 0 amide bonds. The highest BCUT2D eigenvalue weighted by molar-refractivity contribution is 7.89. The monoisotopic (exact) mass is 409 g/mol. The number of aliphatic imine (C=N–C) groups is 1. The Morgan fingerprint density at radius 1 is 1.32 bits per heavy atom. The van der Waals surface area contributed by atoms with Crippen molar-refractivity contribution in [2.75, 3.05) is 32.5 Å². The molecule has 8 nitrogen and oxygen atoms in total. The van der Waals surface area contributed by atoms with Crippen molar-refractivity contribution in [1.29, 1.82) is 0 Å². The lowest BCUT2D eigenvalue weighted by atomic mass is 10.1. The molecule has 1 aliphatic heterocycles. The lowest BCUT2D eigenvalue weighted by molar-refractivity contribution is 0.288. The highest BCUT2D eigenvalue weighted by Gasteiger charge is 2.27. The van der Waals surface area contributed by atoms with E-state index in [1.165, 1.54) is 12.8 Å². The van der Waals surface area contributed by atoms with E-state index in [2.05, 4.69) is 20.6 Å². The van der Waals surface area contributed by atoms with Crippen LogP contribution in [0.2, 0.25) is 0 Å². The minimum absolute atomic E-state index is 0.159. The first kappa shape index (κ1) is 20.9. The van der Waals surface area contributed by atoms with E-state index in [0.717, 1.165) is 25.0 Å². The Bertz CT molecular complexity index is 772. The van der Waals surface area contributed by atoms with Gasteiger partial charge in [-0.3, -0.25) is 4.99 Å². The largest absolute Gasteiger partial charge is 0.477 e. The molecule has 156 valence electrons. The number of aromatic nitrogens is 1. The van der Waals surface area contributed by atoms with E-state index in [1.807, 2.05) is 12.1 Å². The summed E-state index contributed by atoms with van der Waals surface area (Å²) >= 11 is 0. The van der Waals surface area contributed by atoms with Crippen molar-refractivity contribution in [3.05, 3.63) is 23.9 Å². The number of rotatable bonds is 8. The Morgan fingerprint density at radius 3 is 2.71 bits per heavy atom. The first-order chi connectivity index (χ1) is 13.5. The van der Waals surface area contributed by atoms with E-state index >= 15 is 0 Å². The third-order valence-corrected chi connectivity index (χ3v) is 7.08.